The molecule has 1 N–H and O–H groups in total. The highest BCUT2D eigenvalue weighted by Crippen LogP contribution is 2.55. The van der Waals surface area contributed by atoms with Crippen LogP contribution in [0.1, 0.15) is 49.0 Å². The van der Waals surface area contributed by atoms with E-state index in [1.54, 1.807) is 0 Å². The van der Waals surface area contributed by atoms with Crippen LogP contribution < -0.4 is 5.32 Å². The molecule has 0 atom stereocenters. The average Bonchev–Trinajstić information content (AvgIpc) is 2.37. The molecule has 4 aliphatic rings. The van der Waals surface area contributed by atoms with Crippen molar-refractivity contribution in [1.82, 2.24) is 15.3 Å². The van der Waals surface area contributed by atoms with Gasteiger partial charge >= 0.3 is 0 Å². The third kappa shape index (κ3) is 2.10. The number of nitrogens with zero attached hydrogens (tertiary/aromatic N) is 2. The van der Waals surface area contributed by atoms with Gasteiger partial charge in [0.2, 0.25) is 0 Å². The summed E-state index contributed by atoms with van der Waals surface area (Å²) in [7, 11) is 0. The third-order valence-corrected chi connectivity index (χ3v) is 5.47. The maximum Gasteiger partial charge on any atom is 0.271 e. The fourth-order valence-electron chi connectivity index (χ4n) is 5.00. The molecule has 4 saturated carbocycles. The Bertz CT molecular complexity index is 507. The number of carbonyl (C=O) groups is 1. The fourth-order valence-corrected chi connectivity index (χ4v) is 5.10. The zero-order chi connectivity index (χ0) is 13.7. The van der Waals surface area contributed by atoms with Gasteiger partial charge in [0.15, 0.2) is 0 Å². The monoisotopic (exact) mass is 291 g/mol. The molecule has 1 amide bonds. The van der Waals surface area contributed by atoms with Gasteiger partial charge < -0.3 is 5.32 Å². The van der Waals surface area contributed by atoms with Crippen molar-refractivity contribution in [3.05, 3.63) is 23.2 Å². The third-order valence-electron chi connectivity index (χ3n) is 5.27. The van der Waals surface area contributed by atoms with E-state index >= 15 is 0 Å². The van der Waals surface area contributed by atoms with Crippen molar-refractivity contribution >= 4 is 17.5 Å². The van der Waals surface area contributed by atoms with E-state index in [1.165, 1.54) is 31.7 Å². The zero-order valence-electron chi connectivity index (χ0n) is 11.3. The van der Waals surface area contributed by atoms with Gasteiger partial charge in [-0.25, -0.2) is 9.97 Å². The molecule has 4 fully saturated rings. The van der Waals surface area contributed by atoms with Crippen LogP contribution in [0.3, 0.4) is 0 Å². The van der Waals surface area contributed by atoms with Crippen molar-refractivity contribution in [2.24, 2.45) is 17.8 Å². The van der Waals surface area contributed by atoms with Crippen LogP contribution in [0, 0.1) is 17.8 Å². The second-order valence-corrected chi connectivity index (χ2v) is 7.26. The maximum atomic E-state index is 12.4. The first-order valence-electron chi connectivity index (χ1n) is 7.42. The fraction of sp³-hybridized carbons (Fsp3) is 0.667. The lowest BCUT2D eigenvalue weighted by atomic mass is 9.53. The van der Waals surface area contributed by atoms with Crippen molar-refractivity contribution < 1.29 is 4.79 Å². The van der Waals surface area contributed by atoms with Crippen LogP contribution in [0.5, 0.6) is 0 Å². The van der Waals surface area contributed by atoms with Gasteiger partial charge in [-0.15, -0.1) is 0 Å². The minimum atomic E-state index is -0.101. The van der Waals surface area contributed by atoms with Crippen molar-refractivity contribution in [2.75, 3.05) is 0 Å². The summed E-state index contributed by atoms with van der Waals surface area (Å²) in [4.78, 5) is 20.4. The van der Waals surface area contributed by atoms with Gasteiger partial charge in [-0.3, -0.25) is 4.79 Å². The molecule has 0 radical (unpaired) electrons. The topological polar surface area (TPSA) is 54.9 Å². The van der Waals surface area contributed by atoms with E-state index in [4.69, 9.17) is 11.6 Å². The first-order valence-corrected chi connectivity index (χ1v) is 7.80. The summed E-state index contributed by atoms with van der Waals surface area (Å²) in [5.41, 5.74) is 0.387. The van der Waals surface area contributed by atoms with Gasteiger partial charge in [0.25, 0.3) is 5.91 Å². The van der Waals surface area contributed by atoms with Crippen LogP contribution in [-0.2, 0) is 0 Å². The molecule has 106 valence electrons. The van der Waals surface area contributed by atoms with E-state index in [2.05, 4.69) is 15.3 Å². The molecule has 20 heavy (non-hydrogen) atoms. The van der Waals surface area contributed by atoms with Gasteiger partial charge in [-0.05, 0) is 56.3 Å². The van der Waals surface area contributed by atoms with Crippen molar-refractivity contribution in [3.8, 4) is 0 Å². The Morgan fingerprint density at radius 1 is 1.10 bits per heavy atom. The van der Waals surface area contributed by atoms with Gasteiger partial charge in [0.1, 0.15) is 10.8 Å². The lowest BCUT2D eigenvalue weighted by Gasteiger charge is -2.56. The first-order chi connectivity index (χ1) is 9.62. The van der Waals surface area contributed by atoms with E-state index < -0.39 is 0 Å². The summed E-state index contributed by atoms with van der Waals surface area (Å²) in [6, 6.07) is 0. The summed E-state index contributed by atoms with van der Waals surface area (Å²) >= 11 is 5.71. The molecule has 0 saturated heterocycles. The molecule has 0 aliphatic heterocycles. The minimum absolute atomic E-state index is 0.0210. The van der Waals surface area contributed by atoms with Gasteiger partial charge in [0, 0.05) is 5.54 Å². The number of amides is 1. The molecule has 0 unspecified atom stereocenters. The highest BCUT2D eigenvalue weighted by atomic mass is 35.5. The molecule has 5 rings (SSSR count). The molecule has 1 aromatic heterocycles. The van der Waals surface area contributed by atoms with Gasteiger partial charge in [-0.1, -0.05) is 11.6 Å². The van der Waals surface area contributed by atoms with Crippen LogP contribution in [0.25, 0.3) is 0 Å². The van der Waals surface area contributed by atoms with Crippen LogP contribution >= 0.6 is 11.6 Å². The molecule has 4 bridgehead atoms. The lowest BCUT2D eigenvalue weighted by molar-refractivity contribution is -0.0167. The number of halogens is 1. The molecule has 4 aliphatic carbocycles. The number of nitrogens with one attached hydrogen (secondary N) is 1. The Morgan fingerprint density at radius 2 is 1.70 bits per heavy atom. The van der Waals surface area contributed by atoms with Crippen LogP contribution in [-0.4, -0.2) is 21.4 Å². The molecular formula is C15H18ClN3O. The summed E-state index contributed by atoms with van der Waals surface area (Å²) in [6.07, 6.45) is 10.4. The second-order valence-electron chi connectivity index (χ2n) is 6.88. The minimum Gasteiger partial charge on any atom is -0.345 e. The predicted octanol–water partition coefficient (Wildman–Crippen LogP) is 2.83. The summed E-state index contributed by atoms with van der Waals surface area (Å²) in [5.74, 6) is 2.35. The molecule has 0 aromatic carbocycles. The molecule has 1 aromatic rings. The van der Waals surface area contributed by atoms with Crippen molar-refractivity contribution in [2.45, 2.75) is 44.1 Å². The van der Waals surface area contributed by atoms with E-state index in [0.29, 0.717) is 10.8 Å². The van der Waals surface area contributed by atoms with E-state index in [1.807, 2.05) is 0 Å². The molecular weight excluding hydrogens is 274 g/mol. The normalized spacial score (nSPS) is 38.0. The number of hydrogen-bond donors (Lipinski definition) is 1. The summed E-state index contributed by atoms with van der Waals surface area (Å²) < 4.78 is 0. The summed E-state index contributed by atoms with van der Waals surface area (Å²) in [6.45, 7) is 0. The van der Waals surface area contributed by atoms with Crippen LogP contribution in [0.4, 0.5) is 0 Å². The van der Waals surface area contributed by atoms with Crippen LogP contribution in [0.15, 0.2) is 12.4 Å². The standard InChI is InChI=1S/C15H18ClN3O/c16-13-8-17-12(7-18-13)14(20)19-15-4-9-1-10(5-15)3-11(2-9)6-15/h7-11H,1-6H2,(H,19,20). The maximum absolute atomic E-state index is 12.4. The number of rotatable bonds is 2. The average molecular weight is 292 g/mol. The number of hydrogen-bond acceptors (Lipinski definition) is 3. The van der Waals surface area contributed by atoms with Crippen molar-refractivity contribution in [1.29, 1.82) is 0 Å². The Kier molecular flexibility index (Phi) is 2.78. The van der Waals surface area contributed by atoms with E-state index in [-0.39, 0.29) is 11.4 Å². The quantitative estimate of drug-likeness (QED) is 0.911. The Hall–Kier alpha value is -1.16. The predicted molar refractivity (Wildman–Crippen MR) is 75.4 cm³/mol. The Morgan fingerprint density at radius 3 is 2.20 bits per heavy atom. The van der Waals surface area contributed by atoms with Gasteiger partial charge in [-0.2, -0.15) is 0 Å². The van der Waals surface area contributed by atoms with Crippen LogP contribution in [0.2, 0.25) is 5.15 Å². The summed E-state index contributed by atoms with van der Waals surface area (Å²) in [5, 5.41) is 3.59. The molecule has 5 heteroatoms. The number of carbonyl (C=O) groups excluding carboxylic acids is 1. The molecule has 1 heterocycles. The lowest BCUT2D eigenvalue weighted by Crippen LogP contribution is -2.59. The smallest absolute Gasteiger partial charge is 0.271 e. The van der Waals surface area contributed by atoms with Crippen molar-refractivity contribution in [3.63, 3.8) is 0 Å². The van der Waals surface area contributed by atoms with E-state index in [9.17, 15) is 4.79 Å². The van der Waals surface area contributed by atoms with E-state index in [0.717, 1.165) is 37.0 Å². The Balaban J connectivity index is 1.53. The molecule has 4 nitrogen and oxygen atoms in total. The highest BCUT2D eigenvalue weighted by Gasteiger charge is 2.51. The Labute approximate surface area is 123 Å². The first kappa shape index (κ1) is 12.6. The zero-order valence-corrected chi connectivity index (χ0v) is 12.1. The number of aromatic nitrogens is 2. The largest absolute Gasteiger partial charge is 0.345 e. The molecule has 0 spiro atoms. The highest BCUT2D eigenvalue weighted by molar-refractivity contribution is 6.29. The van der Waals surface area contributed by atoms with Gasteiger partial charge in [0.05, 0.1) is 12.4 Å². The SMILES string of the molecule is O=C(NC12CC3CC(CC(C3)C1)C2)c1cnc(Cl)cn1. The second kappa shape index (κ2) is 4.42.